The minimum absolute atomic E-state index is 0.195. The first-order valence-electron chi connectivity index (χ1n) is 8.35. The summed E-state index contributed by atoms with van der Waals surface area (Å²) in [4.78, 5) is 12.3. The Morgan fingerprint density at radius 2 is 1.95 bits per heavy atom. The second kappa shape index (κ2) is 6.88. The van der Waals surface area contributed by atoms with Gasteiger partial charge >= 0.3 is 0 Å². The molecular formula is C16H28N2O2S. The van der Waals surface area contributed by atoms with Crippen LogP contribution in [0.15, 0.2) is 0 Å². The lowest BCUT2D eigenvalue weighted by atomic mass is 9.89. The van der Waals surface area contributed by atoms with Crippen LogP contribution in [0.25, 0.3) is 0 Å². The van der Waals surface area contributed by atoms with Crippen LogP contribution in [0, 0.1) is 5.92 Å². The summed E-state index contributed by atoms with van der Waals surface area (Å²) in [5.41, 5.74) is 0. The van der Waals surface area contributed by atoms with Gasteiger partial charge in [0.25, 0.3) is 0 Å². The minimum Gasteiger partial charge on any atom is -0.381 e. The molecule has 3 aliphatic heterocycles. The molecule has 0 aliphatic carbocycles. The van der Waals surface area contributed by atoms with Crippen molar-refractivity contribution in [1.82, 2.24) is 10.6 Å². The van der Waals surface area contributed by atoms with E-state index in [9.17, 15) is 4.79 Å². The fourth-order valence-electron chi connectivity index (χ4n) is 4.13. The zero-order valence-corrected chi connectivity index (χ0v) is 13.8. The predicted molar refractivity (Wildman–Crippen MR) is 86.6 cm³/mol. The molecule has 2 N–H and O–H groups in total. The molecule has 0 saturated carbocycles. The fraction of sp³-hybridized carbons (Fsp3) is 0.938. The van der Waals surface area contributed by atoms with Crippen molar-refractivity contribution in [3.8, 4) is 0 Å². The van der Waals surface area contributed by atoms with Crippen molar-refractivity contribution in [2.24, 2.45) is 5.92 Å². The Hall–Kier alpha value is -0.260. The summed E-state index contributed by atoms with van der Waals surface area (Å²) in [6.45, 7) is 2.46. The van der Waals surface area contributed by atoms with Crippen molar-refractivity contribution < 1.29 is 9.53 Å². The van der Waals surface area contributed by atoms with Crippen LogP contribution in [-0.4, -0.2) is 48.8 Å². The predicted octanol–water partition coefficient (Wildman–Crippen LogP) is 1.94. The van der Waals surface area contributed by atoms with Gasteiger partial charge < -0.3 is 15.4 Å². The van der Waals surface area contributed by atoms with Gasteiger partial charge in [-0.2, -0.15) is 11.8 Å². The molecule has 1 amide bonds. The maximum Gasteiger partial charge on any atom is 0.220 e. The standard InChI is InChI=1S/C16H28N2O2S/c1-21-16(4-6-20-7-5-16)11-17-15(19)10-12-8-13-2-3-14(9-12)18-13/h12-14,18H,2-11H2,1H3,(H,17,19). The summed E-state index contributed by atoms with van der Waals surface area (Å²) in [6.07, 6.45) is 9.95. The molecule has 3 saturated heterocycles. The summed E-state index contributed by atoms with van der Waals surface area (Å²) < 4.78 is 5.65. The van der Waals surface area contributed by atoms with E-state index in [-0.39, 0.29) is 10.7 Å². The molecule has 3 rings (SSSR count). The Morgan fingerprint density at radius 3 is 2.57 bits per heavy atom. The van der Waals surface area contributed by atoms with E-state index in [2.05, 4.69) is 16.9 Å². The number of nitrogens with one attached hydrogen (secondary N) is 2. The minimum atomic E-state index is 0.195. The largest absolute Gasteiger partial charge is 0.381 e. The Balaban J connectivity index is 1.43. The summed E-state index contributed by atoms with van der Waals surface area (Å²) in [5, 5.41) is 6.85. The number of hydrogen-bond donors (Lipinski definition) is 2. The summed E-state index contributed by atoms with van der Waals surface area (Å²) in [6, 6.07) is 1.35. The summed E-state index contributed by atoms with van der Waals surface area (Å²) >= 11 is 1.89. The van der Waals surface area contributed by atoms with E-state index in [0.29, 0.717) is 18.0 Å². The Bertz CT molecular complexity index is 359. The van der Waals surface area contributed by atoms with E-state index in [4.69, 9.17) is 4.74 Å². The summed E-state index contributed by atoms with van der Waals surface area (Å²) in [7, 11) is 0. The average Bonchev–Trinajstić information content (AvgIpc) is 2.85. The highest BCUT2D eigenvalue weighted by molar-refractivity contribution is 8.00. The van der Waals surface area contributed by atoms with Crippen LogP contribution in [0.4, 0.5) is 0 Å². The number of carbonyl (C=O) groups is 1. The van der Waals surface area contributed by atoms with Gasteiger partial charge in [-0.1, -0.05) is 0 Å². The monoisotopic (exact) mass is 312 g/mol. The molecule has 120 valence electrons. The first kappa shape index (κ1) is 15.6. The topological polar surface area (TPSA) is 50.4 Å². The molecule has 4 nitrogen and oxygen atoms in total. The summed E-state index contributed by atoms with van der Waals surface area (Å²) in [5.74, 6) is 0.838. The van der Waals surface area contributed by atoms with E-state index in [1.165, 1.54) is 25.7 Å². The zero-order valence-electron chi connectivity index (χ0n) is 13.0. The third-order valence-corrected chi connectivity index (χ3v) is 6.91. The molecule has 0 radical (unpaired) electrons. The van der Waals surface area contributed by atoms with E-state index in [1.54, 1.807) is 0 Å². The molecule has 3 heterocycles. The van der Waals surface area contributed by atoms with Crippen molar-refractivity contribution in [3.63, 3.8) is 0 Å². The molecule has 2 bridgehead atoms. The van der Waals surface area contributed by atoms with Gasteiger partial charge in [0.2, 0.25) is 5.91 Å². The van der Waals surface area contributed by atoms with Gasteiger partial charge in [0.15, 0.2) is 0 Å². The second-order valence-electron chi connectivity index (χ2n) is 6.96. The van der Waals surface area contributed by atoms with Gasteiger partial charge in [0.05, 0.1) is 0 Å². The van der Waals surface area contributed by atoms with Gasteiger partial charge in [-0.15, -0.1) is 0 Å². The first-order valence-corrected chi connectivity index (χ1v) is 9.57. The molecule has 5 heteroatoms. The Morgan fingerprint density at radius 1 is 1.29 bits per heavy atom. The molecule has 2 unspecified atom stereocenters. The number of carbonyl (C=O) groups excluding carboxylic acids is 1. The van der Waals surface area contributed by atoms with Gasteiger partial charge in [-0.3, -0.25) is 4.79 Å². The van der Waals surface area contributed by atoms with Crippen LogP contribution in [0.5, 0.6) is 0 Å². The number of amides is 1. The van der Waals surface area contributed by atoms with Crippen LogP contribution in [0.1, 0.15) is 44.9 Å². The van der Waals surface area contributed by atoms with Crippen molar-refractivity contribution >= 4 is 17.7 Å². The molecule has 0 aromatic heterocycles. The number of fused-ring (bicyclic) bond motifs is 2. The molecular weight excluding hydrogens is 284 g/mol. The van der Waals surface area contributed by atoms with E-state index >= 15 is 0 Å². The van der Waals surface area contributed by atoms with Gasteiger partial charge in [0.1, 0.15) is 0 Å². The average molecular weight is 312 g/mol. The molecule has 0 aromatic carbocycles. The number of thioether (sulfide) groups is 1. The Labute approximate surface area is 132 Å². The molecule has 2 atom stereocenters. The second-order valence-corrected chi connectivity index (χ2v) is 8.23. The fourth-order valence-corrected chi connectivity index (χ4v) is 4.92. The molecule has 3 fully saturated rings. The molecule has 0 aromatic rings. The lowest BCUT2D eigenvalue weighted by Gasteiger charge is -2.36. The smallest absolute Gasteiger partial charge is 0.220 e. The lowest BCUT2D eigenvalue weighted by molar-refractivity contribution is -0.122. The number of ether oxygens (including phenoxy) is 1. The normalized spacial score (nSPS) is 34.6. The van der Waals surface area contributed by atoms with E-state index in [1.807, 2.05) is 11.8 Å². The van der Waals surface area contributed by atoms with Crippen molar-refractivity contribution in [1.29, 1.82) is 0 Å². The van der Waals surface area contributed by atoms with Crippen molar-refractivity contribution in [2.45, 2.75) is 61.8 Å². The van der Waals surface area contributed by atoms with Crippen molar-refractivity contribution in [3.05, 3.63) is 0 Å². The number of hydrogen-bond acceptors (Lipinski definition) is 4. The third-order valence-electron chi connectivity index (χ3n) is 5.49. The van der Waals surface area contributed by atoms with Crippen LogP contribution in [0.2, 0.25) is 0 Å². The maximum atomic E-state index is 12.3. The molecule has 3 aliphatic rings. The van der Waals surface area contributed by atoms with Gasteiger partial charge in [0, 0.05) is 43.0 Å². The van der Waals surface area contributed by atoms with Crippen LogP contribution < -0.4 is 10.6 Å². The number of piperidine rings is 1. The van der Waals surface area contributed by atoms with E-state index < -0.39 is 0 Å². The van der Waals surface area contributed by atoms with Crippen molar-refractivity contribution in [2.75, 3.05) is 26.0 Å². The Kier molecular flexibility index (Phi) is 5.12. The SMILES string of the molecule is CSC1(CNC(=O)CC2CC3CCC(C2)N3)CCOCC1. The quantitative estimate of drug-likeness (QED) is 0.814. The van der Waals surface area contributed by atoms with Crippen LogP contribution in [-0.2, 0) is 9.53 Å². The zero-order chi connectivity index (χ0) is 14.7. The molecule has 21 heavy (non-hydrogen) atoms. The van der Waals surface area contributed by atoms with Crippen LogP contribution in [0.3, 0.4) is 0 Å². The highest BCUT2D eigenvalue weighted by atomic mass is 32.2. The molecule has 0 spiro atoms. The first-order chi connectivity index (χ1) is 10.2. The third kappa shape index (κ3) is 3.93. The lowest BCUT2D eigenvalue weighted by Crippen LogP contribution is -2.45. The van der Waals surface area contributed by atoms with Crippen LogP contribution >= 0.6 is 11.8 Å². The maximum absolute atomic E-state index is 12.3. The van der Waals surface area contributed by atoms with Gasteiger partial charge in [-0.05, 0) is 50.7 Å². The van der Waals surface area contributed by atoms with E-state index in [0.717, 1.165) is 39.0 Å². The van der Waals surface area contributed by atoms with Gasteiger partial charge in [-0.25, -0.2) is 0 Å². The highest BCUT2D eigenvalue weighted by Crippen LogP contribution is 2.34. The highest BCUT2D eigenvalue weighted by Gasteiger charge is 2.35. The number of rotatable bonds is 5.